The number of nitrogens with one attached hydrogen (secondary N) is 2. The van der Waals surface area contributed by atoms with Crippen molar-refractivity contribution >= 4 is 11.6 Å². The van der Waals surface area contributed by atoms with Gasteiger partial charge in [0.05, 0.1) is 12.0 Å². The van der Waals surface area contributed by atoms with Gasteiger partial charge >= 0.3 is 0 Å². The minimum Gasteiger partial charge on any atom is -0.389 e. The molecule has 1 aliphatic carbocycles. The summed E-state index contributed by atoms with van der Waals surface area (Å²) in [5.41, 5.74) is 0.715. The van der Waals surface area contributed by atoms with E-state index in [0.717, 1.165) is 18.4 Å². The molecule has 1 amide bonds. The summed E-state index contributed by atoms with van der Waals surface area (Å²) < 4.78 is 0. The predicted octanol–water partition coefficient (Wildman–Crippen LogP) is 2.11. The summed E-state index contributed by atoms with van der Waals surface area (Å²) >= 11 is 0. The highest BCUT2D eigenvalue weighted by Gasteiger charge is 2.33. The van der Waals surface area contributed by atoms with Gasteiger partial charge in [-0.1, -0.05) is 25.0 Å². The number of aliphatic hydroxyl groups is 1. The Labute approximate surface area is 122 Å². The van der Waals surface area contributed by atoms with Crippen molar-refractivity contribution in [2.75, 3.05) is 5.32 Å². The van der Waals surface area contributed by atoms with Crippen LogP contribution in [0.3, 0.4) is 0 Å². The zero-order valence-corrected chi connectivity index (χ0v) is 11.7. The van der Waals surface area contributed by atoms with Gasteiger partial charge in [0, 0.05) is 11.3 Å². The SMILES string of the molecule is O=C(CC1(O)CCCC1)Nc1cccc(-c2ncn[nH]2)c1. The Balaban J connectivity index is 1.67. The van der Waals surface area contributed by atoms with Crippen molar-refractivity contribution in [3.05, 3.63) is 30.6 Å². The van der Waals surface area contributed by atoms with Crippen molar-refractivity contribution in [1.82, 2.24) is 15.2 Å². The lowest BCUT2D eigenvalue weighted by molar-refractivity contribution is -0.120. The molecular weight excluding hydrogens is 268 g/mol. The molecule has 1 heterocycles. The van der Waals surface area contributed by atoms with Crippen molar-refractivity contribution in [3.8, 4) is 11.4 Å². The number of benzene rings is 1. The lowest BCUT2D eigenvalue weighted by Crippen LogP contribution is -2.30. The second kappa shape index (κ2) is 5.65. The smallest absolute Gasteiger partial charge is 0.227 e. The molecule has 1 aromatic heterocycles. The third kappa shape index (κ3) is 3.28. The summed E-state index contributed by atoms with van der Waals surface area (Å²) in [5, 5.41) is 19.7. The van der Waals surface area contributed by atoms with Crippen molar-refractivity contribution in [2.24, 2.45) is 0 Å². The number of hydrogen-bond donors (Lipinski definition) is 3. The van der Waals surface area contributed by atoms with Crippen molar-refractivity contribution < 1.29 is 9.90 Å². The standard InChI is InChI=1S/C15H18N4O2/c20-13(9-15(21)6-1-2-7-15)18-12-5-3-4-11(8-12)14-16-10-17-19-14/h3-5,8,10,21H,1-2,6-7,9H2,(H,18,20)(H,16,17,19). The molecule has 0 atom stereocenters. The van der Waals surface area contributed by atoms with Crippen LogP contribution >= 0.6 is 0 Å². The number of carbonyl (C=O) groups excluding carboxylic acids is 1. The van der Waals surface area contributed by atoms with E-state index in [1.807, 2.05) is 24.3 Å². The Bertz CT molecular complexity index is 618. The topological polar surface area (TPSA) is 90.9 Å². The molecular formula is C15H18N4O2. The Kier molecular flexibility index (Phi) is 3.70. The van der Waals surface area contributed by atoms with E-state index in [1.54, 1.807) is 0 Å². The molecule has 1 saturated carbocycles. The molecule has 2 aromatic rings. The minimum atomic E-state index is -0.827. The number of anilines is 1. The molecule has 1 fully saturated rings. The third-order valence-corrected chi connectivity index (χ3v) is 3.86. The lowest BCUT2D eigenvalue weighted by atomic mass is 9.97. The van der Waals surface area contributed by atoms with Crippen LogP contribution in [-0.4, -0.2) is 31.8 Å². The van der Waals surface area contributed by atoms with Crippen LogP contribution < -0.4 is 5.32 Å². The van der Waals surface area contributed by atoms with Gasteiger partial charge < -0.3 is 10.4 Å². The van der Waals surface area contributed by atoms with Gasteiger partial charge in [0.15, 0.2) is 5.82 Å². The van der Waals surface area contributed by atoms with Gasteiger partial charge in [-0.05, 0) is 25.0 Å². The normalized spacial score (nSPS) is 16.8. The number of H-pyrrole nitrogens is 1. The molecule has 0 saturated heterocycles. The number of aromatic nitrogens is 3. The predicted molar refractivity (Wildman–Crippen MR) is 78.5 cm³/mol. The molecule has 0 spiro atoms. The summed E-state index contributed by atoms with van der Waals surface area (Å²) in [7, 11) is 0. The van der Waals surface area contributed by atoms with Gasteiger partial charge in [0.1, 0.15) is 6.33 Å². The van der Waals surface area contributed by atoms with Crippen LogP contribution in [0.4, 0.5) is 5.69 Å². The zero-order chi connectivity index (χ0) is 14.7. The Morgan fingerprint density at radius 3 is 2.90 bits per heavy atom. The highest BCUT2D eigenvalue weighted by molar-refractivity contribution is 5.92. The summed E-state index contributed by atoms with van der Waals surface area (Å²) in [6, 6.07) is 7.38. The molecule has 3 rings (SSSR count). The summed E-state index contributed by atoms with van der Waals surface area (Å²) in [6.07, 6.45) is 4.99. The van der Waals surface area contributed by atoms with Gasteiger partial charge in [-0.15, -0.1) is 0 Å². The number of amides is 1. The second-order valence-electron chi connectivity index (χ2n) is 5.57. The van der Waals surface area contributed by atoms with Crippen LogP contribution in [-0.2, 0) is 4.79 Å². The maximum Gasteiger partial charge on any atom is 0.227 e. The average molecular weight is 286 g/mol. The minimum absolute atomic E-state index is 0.152. The van der Waals surface area contributed by atoms with E-state index in [2.05, 4.69) is 20.5 Å². The van der Waals surface area contributed by atoms with E-state index < -0.39 is 5.60 Å². The van der Waals surface area contributed by atoms with Crippen LogP contribution in [0.25, 0.3) is 11.4 Å². The second-order valence-corrected chi connectivity index (χ2v) is 5.57. The quantitative estimate of drug-likeness (QED) is 0.802. The first-order valence-electron chi connectivity index (χ1n) is 7.13. The maximum atomic E-state index is 12.1. The average Bonchev–Trinajstić information content (AvgIpc) is 3.10. The van der Waals surface area contributed by atoms with E-state index in [-0.39, 0.29) is 12.3 Å². The number of aromatic amines is 1. The molecule has 0 bridgehead atoms. The van der Waals surface area contributed by atoms with E-state index >= 15 is 0 Å². The number of nitrogens with zero attached hydrogens (tertiary/aromatic N) is 2. The molecule has 0 aliphatic heterocycles. The van der Waals surface area contributed by atoms with Gasteiger partial charge in [0.2, 0.25) is 5.91 Å². The Morgan fingerprint density at radius 1 is 1.38 bits per heavy atom. The molecule has 6 heteroatoms. The van der Waals surface area contributed by atoms with Crippen LogP contribution in [0, 0.1) is 0 Å². The van der Waals surface area contributed by atoms with E-state index in [4.69, 9.17) is 0 Å². The number of hydrogen-bond acceptors (Lipinski definition) is 4. The van der Waals surface area contributed by atoms with Gasteiger partial charge in [0.25, 0.3) is 0 Å². The zero-order valence-electron chi connectivity index (χ0n) is 11.7. The third-order valence-electron chi connectivity index (χ3n) is 3.86. The fraction of sp³-hybridized carbons (Fsp3) is 0.400. The first kappa shape index (κ1) is 13.8. The van der Waals surface area contributed by atoms with Crippen LogP contribution in [0.2, 0.25) is 0 Å². The summed E-state index contributed by atoms with van der Waals surface area (Å²) in [5.74, 6) is 0.495. The molecule has 0 radical (unpaired) electrons. The first-order valence-corrected chi connectivity index (χ1v) is 7.13. The largest absolute Gasteiger partial charge is 0.389 e. The van der Waals surface area contributed by atoms with Crippen LogP contribution in [0.15, 0.2) is 30.6 Å². The van der Waals surface area contributed by atoms with Crippen molar-refractivity contribution in [2.45, 2.75) is 37.7 Å². The molecule has 21 heavy (non-hydrogen) atoms. The first-order chi connectivity index (χ1) is 10.1. The van der Waals surface area contributed by atoms with E-state index in [9.17, 15) is 9.90 Å². The fourth-order valence-electron chi connectivity index (χ4n) is 2.80. The van der Waals surface area contributed by atoms with Gasteiger partial charge in [-0.3, -0.25) is 9.89 Å². The van der Waals surface area contributed by atoms with Crippen LogP contribution in [0.1, 0.15) is 32.1 Å². The molecule has 6 nitrogen and oxygen atoms in total. The Hall–Kier alpha value is -2.21. The maximum absolute atomic E-state index is 12.1. The van der Waals surface area contributed by atoms with E-state index in [1.165, 1.54) is 6.33 Å². The van der Waals surface area contributed by atoms with Crippen LogP contribution in [0.5, 0.6) is 0 Å². The lowest BCUT2D eigenvalue weighted by Gasteiger charge is -2.21. The molecule has 0 unspecified atom stereocenters. The Morgan fingerprint density at radius 2 is 2.19 bits per heavy atom. The highest BCUT2D eigenvalue weighted by atomic mass is 16.3. The molecule has 1 aromatic carbocycles. The summed E-state index contributed by atoms with van der Waals surface area (Å²) in [6.45, 7) is 0. The number of carbonyl (C=O) groups is 1. The summed E-state index contributed by atoms with van der Waals surface area (Å²) in [4.78, 5) is 16.1. The van der Waals surface area contributed by atoms with Gasteiger partial charge in [-0.25, -0.2) is 4.98 Å². The fourth-order valence-corrected chi connectivity index (χ4v) is 2.80. The number of rotatable bonds is 4. The van der Waals surface area contributed by atoms with Crippen molar-refractivity contribution in [1.29, 1.82) is 0 Å². The van der Waals surface area contributed by atoms with E-state index in [0.29, 0.717) is 24.4 Å². The monoisotopic (exact) mass is 286 g/mol. The molecule has 3 N–H and O–H groups in total. The molecule has 1 aliphatic rings. The van der Waals surface area contributed by atoms with Gasteiger partial charge in [-0.2, -0.15) is 5.10 Å². The highest BCUT2D eigenvalue weighted by Crippen LogP contribution is 2.32. The van der Waals surface area contributed by atoms with Crippen molar-refractivity contribution in [3.63, 3.8) is 0 Å². The molecule has 110 valence electrons.